The van der Waals surface area contributed by atoms with Crippen LogP contribution in [0.3, 0.4) is 0 Å². The van der Waals surface area contributed by atoms with Crippen molar-refractivity contribution in [3.8, 4) is 0 Å². The van der Waals surface area contributed by atoms with E-state index in [1.165, 1.54) is 11.1 Å². The van der Waals surface area contributed by atoms with Crippen LogP contribution in [0.15, 0.2) is 23.3 Å². The first kappa shape index (κ1) is 26.4. The number of hydrogen-bond donors (Lipinski definition) is 3. The minimum Gasteiger partial charge on any atom is -0.393 e. The minimum atomic E-state index is -0.351. The molecule has 1 saturated heterocycles. The zero-order valence-corrected chi connectivity index (χ0v) is 20.0. The third-order valence-electron chi connectivity index (χ3n) is 6.07. The molecule has 1 aliphatic heterocycles. The average molecular weight is 410 g/mol. The summed E-state index contributed by atoms with van der Waals surface area (Å²) < 4.78 is 5.66. The molecule has 3 N–H and O–H groups in total. The van der Waals surface area contributed by atoms with Crippen LogP contribution in [0.1, 0.15) is 93.4 Å². The Morgan fingerprint density at radius 2 is 1.83 bits per heavy atom. The summed E-state index contributed by atoms with van der Waals surface area (Å²) in [7, 11) is 0. The summed E-state index contributed by atoms with van der Waals surface area (Å²) in [5, 5.41) is 24.0. The fourth-order valence-electron chi connectivity index (χ4n) is 3.93. The average Bonchev–Trinajstić information content (AvgIpc) is 2.99. The lowest BCUT2D eigenvalue weighted by atomic mass is 9.93. The highest BCUT2D eigenvalue weighted by molar-refractivity contribution is 4.98. The van der Waals surface area contributed by atoms with E-state index in [0.717, 1.165) is 44.9 Å². The third-order valence-corrected chi connectivity index (χ3v) is 6.07. The molecular weight excluding hydrogens is 362 g/mol. The van der Waals surface area contributed by atoms with Gasteiger partial charge in [0.15, 0.2) is 0 Å². The molecule has 0 unspecified atom stereocenters. The molecular formula is C25H47NO3. The molecule has 0 saturated carbocycles. The molecule has 0 aliphatic carbocycles. The van der Waals surface area contributed by atoms with E-state index in [0.29, 0.717) is 18.4 Å². The van der Waals surface area contributed by atoms with Crippen molar-refractivity contribution in [2.45, 2.75) is 117 Å². The van der Waals surface area contributed by atoms with Crippen molar-refractivity contribution in [3.05, 3.63) is 23.3 Å². The molecule has 0 amide bonds. The van der Waals surface area contributed by atoms with E-state index >= 15 is 0 Å². The molecule has 170 valence electrons. The number of hydrogen-bond acceptors (Lipinski definition) is 4. The zero-order valence-electron chi connectivity index (χ0n) is 20.0. The molecule has 0 bridgehead atoms. The van der Waals surface area contributed by atoms with Gasteiger partial charge in [-0.3, -0.25) is 5.32 Å². The van der Waals surface area contributed by atoms with E-state index in [4.69, 9.17) is 4.74 Å². The Labute approximate surface area is 179 Å². The molecule has 29 heavy (non-hydrogen) atoms. The van der Waals surface area contributed by atoms with Crippen LogP contribution in [0.25, 0.3) is 0 Å². The fourth-order valence-corrected chi connectivity index (χ4v) is 3.93. The normalized spacial score (nSPS) is 23.5. The van der Waals surface area contributed by atoms with E-state index in [1.807, 2.05) is 13.8 Å². The van der Waals surface area contributed by atoms with Crippen LogP contribution in [0.5, 0.6) is 0 Å². The highest BCUT2D eigenvalue weighted by atomic mass is 16.5. The van der Waals surface area contributed by atoms with Gasteiger partial charge in [-0.25, -0.2) is 0 Å². The number of ether oxygens (including phenoxy) is 1. The molecule has 0 aromatic carbocycles. The number of aliphatic hydroxyl groups is 2. The van der Waals surface area contributed by atoms with E-state index < -0.39 is 0 Å². The van der Waals surface area contributed by atoms with Crippen molar-refractivity contribution in [2.75, 3.05) is 6.61 Å². The lowest BCUT2D eigenvalue weighted by molar-refractivity contribution is 0.0224. The number of allylic oxidation sites excluding steroid dienone is 3. The molecule has 0 spiro atoms. The summed E-state index contributed by atoms with van der Waals surface area (Å²) in [6.07, 6.45) is 11.0. The van der Waals surface area contributed by atoms with Crippen LogP contribution < -0.4 is 5.32 Å². The second-order valence-corrected chi connectivity index (χ2v) is 10.1. The van der Waals surface area contributed by atoms with Crippen molar-refractivity contribution >= 4 is 0 Å². The zero-order chi connectivity index (χ0) is 22.0. The standard InChI is InChI=1S/C25H47NO3/c1-18(2)14-15-23(27)21(5)13-9-11-19(3)10-8-12-20(4)16-24(28)22-17-29-25(6,7)26-22/h10,14,20-24,26-28H,8-9,11-13,15-17H2,1-7H3/b19-10+/t20-,21+,22-,23-,24+/m1/s1. The van der Waals surface area contributed by atoms with Gasteiger partial charge >= 0.3 is 0 Å². The molecule has 0 aromatic heterocycles. The molecule has 1 aliphatic rings. The minimum absolute atomic E-state index is 0.0406. The molecule has 4 nitrogen and oxygen atoms in total. The number of nitrogens with one attached hydrogen (secondary N) is 1. The summed E-state index contributed by atoms with van der Waals surface area (Å²) in [6, 6.07) is 0.0406. The number of aliphatic hydroxyl groups excluding tert-OH is 2. The predicted molar refractivity (Wildman–Crippen MR) is 123 cm³/mol. The second-order valence-electron chi connectivity index (χ2n) is 10.1. The Kier molecular flexibility index (Phi) is 11.7. The maximum Gasteiger partial charge on any atom is 0.114 e. The molecule has 1 rings (SSSR count). The maximum atomic E-state index is 10.5. The van der Waals surface area contributed by atoms with Crippen molar-refractivity contribution in [2.24, 2.45) is 11.8 Å². The fraction of sp³-hybridized carbons (Fsp3) is 0.840. The molecule has 1 heterocycles. The Hall–Kier alpha value is -0.680. The third kappa shape index (κ3) is 11.3. The Morgan fingerprint density at radius 1 is 1.14 bits per heavy atom. The Balaban J connectivity index is 2.20. The van der Waals surface area contributed by atoms with Crippen LogP contribution in [-0.2, 0) is 4.74 Å². The SMILES string of the molecule is CC(C)=CC[C@@H](O)[C@@H](C)CCC/C(C)=C/CC[C@@H](C)C[C@H](O)[C@H]1COC(C)(C)N1. The van der Waals surface area contributed by atoms with Gasteiger partial charge in [-0.15, -0.1) is 0 Å². The maximum absolute atomic E-state index is 10.5. The summed E-state index contributed by atoms with van der Waals surface area (Å²) in [5.41, 5.74) is 2.39. The molecule has 5 atom stereocenters. The van der Waals surface area contributed by atoms with Crippen molar-refractivity contribution in [1.82, 2.24) is 5.32 Å². The van der Waals surface area contributed by atoms with Crippen LogP contribution in [-0.4, -0.2) is 40.8 Å². The topological polar surface area (TPSA) is 61.7 Å². The highest BCUT2D eigenvalue weighted by Gasteiger charge is 2.35. The molecule has 4 heteroatoms. The first-order chi connectivity index (χ1) is 13.5. The lowest BCUT2D eigenvalue weighted by Gasteiger charge is -2.23. The number of rotatable bonds is 13. The smallest absolute Gasteiger partial charge is 0.114 e. The van der Waals surface area contributed by atoms with E-state index in [1.54, 1.807) is 0 Å². The van der Waals surface area contributed by atoms with Gasteiger partial charge in [0, 0.05) is 0 Å². The first-order valence-corrected chi connectivity index (χ1v) is 11.6. The monoisotopic (exact) mass is 409 g/mol. The lowest BCUT2D eigenvalue weighted by Crippen LogP contribution is -2.44. The van der Waals surface area contributed by atoms with Crippen molar-refractivity contribution in [1.29, 1.82) is 0 Å². The quantitative estimate of drug-likeness (QED) is 0.359. The van der Waals surface area contributed by atoms with Crippen molar-refractivity contribution < 1.29 is 14.9 Å². The molecule has 0 radical (unpaired) electrons. The summed E-state index contributed by atoms with van der Waals surface area (Å²) >= 11 is 0. The van der Waals surface area contributed by atoms with E-state index in [-0.39, 0.29) is 24.0 Å². The summed E-state index contributed by atoms with van der Waals surface area (Å²) in [6.45, 7) is 15.3. The van der Waals surface area contributed by atoms with Crippen molar-refractivity contribution in [3.63, 3.8) is 0 Å². The van der Waals surface area contributed by atoms with Gasteiger partial charge in [0.05, 0.1) is 24.9 Å². The van der Waals surface area contributed by atoms with Gasteiger partial charge in [0.2, 0.25) is 0 Å². The van der Waals surface area contributed by atoms with E-state index in [9.17, 15) is 10.2 Å². The highest BCUT2D eigenvalue weighted by Crippen LogP contribution is 2.22. The second kappa shape index (κ2) is 12.9. The van der Waals surface area contributed by atoms with Gasteiger partial charge in [-0.1, -0.05) is 37.1 Å². The summed E-state index contributed by atoms with van der Waals surface area (Å²) in [5.74, 6) is 0.836. The van der Waals surface area contributed by atoms with Crippen LogP contribution in [0, 0.1) is 11.8 Å². The first-order valence-electron chi connectivity index (χ1n) is 11.6. The van der Waals surface area contributed by atoms with Gasteiger partial charge in [0.25, 0.3) is 0 Å². The van der Waals surface area contributed by atoms with Gasteiger partial charge in [0.1, 0.15) is 5.72 Å². The Bertz CT molecular complexity index is 522. The molecule has 0 aromatic rings. The largest absolute Gasteiger partial charge is 0.393 e. The molecule has 1 fully saturated rings. The summed E-state index contributed by atoms with van der Waals surface area (Å²) in [4.78, 5) is 0. The van der Waals surface area contributed by atoms with Gasteiger partial charge in [-0.2, -0.15) is 0 Å². The van der Waals surface area contributed by atoms with Crippen LogP contribution >= 0.6 is 0 Å². The van der Waals surface area contributed by atoms with Crippen LogP contribution in [0.2, 0.25) is 0 Å². The Morgan fingerprint density at radius 3 is 2.41 bits per heavy atom. The van der Waals surface area contributed by atoms with E-state index in [2.05, 4.69) is 52.1 Å². The van der Waals surface area contributed by atoms with Gasteiger partial charge in [-0.05, 0) is 91.4 Å². The van der Waals surface area contributed by atoms with Crippen LogP contribution in [0.4, 0.5) is 0 Å². The predicted octanol–water partition coefficient (Wildman–Crippen LogP) is 5.35. The van der Waals surface area contributed by atoms with Gasteiger partial charge < -0.3 is 14.9 Å².